The van der Waals surface area contributed by atoms with Gasteiger partial charge in [-0.25, -0.2) is 9.37 Å². The quantitative estimate of drug-likeness (QED) is 0.575. The molecule has 2 aliphatic rings. The first-order chi connectivity index (χ1) is 15.6. The summed E-state index contributed by atoms with van der Waals surface area (Å²) >= 11 is 0. The predicted octanol–water partition coefficient (Wildman–Crippen LogP) is 3.70. The van der Waals surface area contributed by atoms with Crippen molar-refractivity contribution in [3.63, 3.8) is 0 Å². The van der Waals surface area contributed by atoms with E-state index in [0.717, 1.165) is 56.5 Å². The van der Waals surface area contributed by atoms with Crippen molar-refractivity contribution in [2.24, 2.45) is 5.92 Å². The summed E-state index contributed by atoms with van der Waals surface area (Å²) in [4.78, 5) is 32.6. The minimum atomic E-state index is -0.328. The van der Waals surface area contributed by atoms with E-state index in [9.17, 15) is 14.0 Å². The summed E-state index contributed by atoms with van der Waals surface area (Å²) in [6.07, 6.45) is 5.47. The molecule has 1 N–H and O–H groups in total. The van der Waals surface area contributed by atoms with E-state index in [1.165, 1.54) is 12.1 Å². The Morgan fingerprint density at radius 1 is 1.03 bits per heavy atom. The first-order valence-corrected chi connectivity index (χ1v) is 11.4. The van der Waals surface area contributed by atoms with Crippen LogP contribution in [0.3, 0.4) is 0 Å². The van der Waals surface area contributed by atoms with E-state index in [2.05, 4.69) is 15.2 Å². The average Bonchev–Trinajstić information content (AvgIpc) is 3.63. The minimum Gasteiger partial charge on any atom is -0.382 e. The number of fused-ring (bicyclic) bond motifs is 1. The van der Waals surface area contributed by atoms with E-state index in [-0.39, 0.29) is 23.1 Å². The zero-order valence-corrected chi connectivity index (χ0v) is 18.0. The number of ketones is 1. The van der Waals surface area contributed by atoms with Crippen LogP contribution in [0.4, 0.5) is 10.1 Å². The Morgan fingerprint density at radius 2 is 1.78 bits per heavy atom. The van der Waals surface area contributed by atoms with E-state index < -0.39 is 0 Å². The molecule has 1 saturated carbocycles. The monoisotopic (exact) mass is 434 g/mol. The Hall–Kier alpha value is -3.06. The molecule has 6 nitrogen and oxygen atoms in total. The van der Waals surface area contributed by atoms with Crippen molar-refractivity contribution in [2.45, 2.75) is 38.3 Å². The summed E-state index contributed by atoms with van der Waals surface area (Å²) in [5.41, 5.74) is 2.16. The van der Waals surface area contributed by atoms with E-state index in [4.69, 9.17) is 0 Å². The third-order valence-corrected chi connectivity index (χ3v) is 6.53. The largest absolute Gasteiger partial charge is 0.382 e. The lowest BCUT2D eigenvalue weighted by Gasteiger charge is -2.31. The fraction of sp³-hybridized carbons (Fsp3) is 0.400. The molecule has 0 spiro atoms. The number of piperidine rings is 1. The lowest BCUT2D eigenvalue weighted by atomic mass is 9.89. The Morgan fingerprint density at radius 3 is 2.50 bits per heavy atom. The van der Waals surface area contributed by atoms with Gasteiger partial charge in [0, 0.05) is 36.3 Å². The summed E-state index contributed by atoms with van der Waals surface area (Å²) in [5.74, 6) is -0.265. The SMILES string of the molecule is O=C(c1ccc(F)cc1)C1CCN(CCn2cnc3cccc(NC4CC4)c3c2=O)CC1. The Labute approximate surface area is 186 Å². The Kier molecular flexibility index (Phi) is 5.74. The van der Waals surface area contributed by atoms with Crippen LogP contribution < -0.4 is 10.9 Å². The smallest absolute Gasteiger partial charge is 0.263 e. The molecule has 5 rings (SSSR count). The van der Waals surface area contributed by atoms with Gasteiger partial charge in [-0.05, 0) is 75.2 Å². The van der Waals surface area contributed by atoms with Crippen LogP contribution in [-0.2, 0) is 6.54 Å². The molecule has 166 valence electrons. The maximum absolute atomic E-state index is 13.1. The molecule has 0 atom stereocenters. The number of anilines is 1. The molecule has 7 heteroatoms. The molecule has 0 amide bonds. The maximum atomic E-state index is 13.1. The summed E-state index contributed by atoms with van der Waals surface area (Å²) in [7, 11) is 0. The summed E-state index contributed by atoms with van der Waals surface area (Å²) in [5, 5.41) is 4.11. The van der Waals surface area contributed by atoms with Gasteiger partial charge < -0.3 is 10.2 Å². The van der Waals surface area contributed by atoms with Crippen LogP contribution in [0.1, 0.15) is 36.0 Å². The minimum absolute atomic E-state index is 0.0138. The number of hydrogen-bond acceptors (Lipinski definition) is 5. The second-order valence-corrected chi connectivity index (χ2v) is 8.85. The third kappa shape index (κ3) is 4.43. The molecule has 1 saturated heterocycles. The molecule has 0 bridgehead atoms. The standard InChI is InChI=1S/C25H27FN4O2/c26-19-6-4-17(5-7-19)24(31)18-10-12-29(13-11-18)14-15-30-16-27-21-2-1-3-22(23(21)25(30)32)28-20-8-9-20/h1-7,16,18,20,28H,8-15H2. The lowest BCUT2D eigenvalue weighted by molar-refractivity contribution is 0.0837. The lowest BCUT2D eigenvalue weighted by Crippen LogP contribution is -2.39. The number of likely N-dealkylation sites (tertiary alicyclic amines) is 1. The maximum Gasteiger partial charge on any atom is 0.263 e. The first kappa shape index (κ1) is 20.8. The van der Waals surface area contributed by atoms with Crippen LogP contribution in [0.25, 0.3) is 10.9 Å². The van der Waals surface area contributed by atoms with Gasteiger partial charge in [-0.15, -0.1) is 0 Å². The fourth-order valence-corrected chi connectivity index (χ4v) is 4.45. The van der Waals surface area contributed by atoms with Gasteiger partial charge in [0.15, 0.2) is 5.78 Å². The summed E-state index contributed by atoms with van der Waals surface area (Å²) < 4.78 is 14.8. The summed E-state index contributed by atoms with van der Waals surface area (Å²) in [6, 6.07) is 12.0. The van der Waals surface area contributed by atoms with Gasteiger partial charge in [-0.3, -0.25) is 14.2 Å². The highest BCUT2D eigenvalue weighted by molar-refractivity contribution is 5.97. The van der Waals surface area contributed by atoms with Gasteiger partial charge >= 0.3 is 0 Å². The Bertz CT molecular complexity index is 1180. The van der Waals surface area contributed by atoms with Gasteiger partial charge in [-0.1, -0.05) is 6.07 Å². The van der Waals surface area contributed by atoms with Gasteiger partial charge in [-0.2, -0.15) is 0 Å². The van der Waals surface area contributed by atoms with Gasteiger partial charge in [0.25, 0.3) is 5.56 Å². The number of carbonyl (C=O) groups is 1. The number of aromatic nitrogens is 2. The average molecular weight is 435 g/mol. The van der Waals surface area contributed by atoms with Crippen molar-refractivity contribution in [1.29, 1.82) is 0 Å². The predicted molar refractivity (Wildman–Crippen MR) is 123 cm³/mol. The van der Waals surface area contributed by atoms with Gasteiger partial charge in [0.1, 0.15) is 5.82 Å². The van der Waals surface area contributed by atoms with Crippen LogP contribution >= 0.6 is 0 Å². The second-order valence-electron chi connectivity index (χ2n) is 8.85. The van der Waals surface area contributed by atoms with Crippen molar-refractivity contribution in [3.05, 3.63) is 70.5 Å². The molecule has 2 fully saturated rings. The molecule has 32 heavy (non-hydrogen) atoms. The molecule has 1 aromatic heterocycles. The third-order valence-electron chi connectivity index (χ3n) is 6.53. The topological polar surface area (TPSA) is 67.2 Å². The molecule has 2 aromatic carbocycles. The molecule has 0 unspecified atom stereocenters. The van der Waals surface area contributed by atoms with E-state index in [0.29, 0.717) is 23.5 Å². The molecule has 3 aromatic rings. The highest BCUT2D eigenvalue weighted by Crippen LogP contribution is 2.27. The number of hydrogen-bond donors (Lipinski definition) is 1. The zero-order chi connectivity index (χ0) is 22.1. The molecule has 2 heterocycles. The number of Topliss-reactive ketones (excluding diaryl/α,β-unsaturated/α-hetero) is 1. The number of halogens is 1. The molecular weight excluding hydrogens is 407 g/mol. The van der Waals surface area contributed by atoms with Crippen LogP contribution in [0.5, 0.6) is 0 Å². The van der Waals surface area contributed by atoms with Crippen LogP contribution in [-0.4, -0.2) is 45.9 Å². The van der Waals surface area contributed by atoms with Crippen molar-refractivity contribution in [3.8, 4) is 0 Å². The highest BCUT2D eigenvalue weighted by atomic mass is 19.1. The van der Waals surface area contributed by atoms with Crippen molar-refractivity contribution in [1.82, 2.24) is 14.5 Å². The van der Waals surface area contributed by atoms with Crippen LogP contribution in [0.2, 0.25) is 0 Å². The zero-order valence-electron chi connectivity index (χ0n) is 18.0. The van der Waals surface area contributed by atoms with E-state index in [1.807, 2.05) is 18.2 Å². The van der Waals surface area contributed by atoms with Crippen LogP contribution in [0, 0.1) is 11.7 Å². The Balaban J connectivity index is 1.21. The van der Waals surface area contributed by atoms with E-state index >= 15 is 0 Å². The van der Waals surface area contributed by atoms with Gasteiger partial charge in [0.05, 0.1) is 17.2 Å². The van der Waals surface area contributed by atoms with Gasteiger partial charge in [0.2, 0.25) is 0 Å². The molecule has 1 aliphatic heterocycles. The molecule has 1 aliphatic carbocycles. The van der Waals surface area contributed by atoms with Crippen molar-refractivity contribution < 1.29 is 9.18 Å². The fourth-order valence-electron chi connectivity index (χ4n) is 4.45. The number of benzene rings is 2. The second kappa shape index (κ2) is 8.82. The normalized spacial score (nSPS) is 17.5. The summed E-state index contributed by atoms with van der Waals surface area (Å²) in [6.45, 7) is 2.92. The number of rotatable bonds is 7. The first-order valence-electron chi connectivity index (χ1n) is 11.4. The number of nitrogens with one attached hydrogen (secondary N) is 1. The number of carbonyl (C=O) groups excluding carboxylic acids is 1. The molecular formula is C25H27FN4O2. The molecule has 0 radical (unpaired) electrons. The van der Waals surface area contributed by atoms with E-state index in [1.54, 1.807) is 23.0 Å². The highest BCUT2D eigenvalue weighted by Gasteiger charge is 2.26. The van der Waals surface area contributed by atoms with Crippen molar-refractivity contribution in [2.75, 3.05) is 25.0 Å². The van der Waals surface area contributed by atoms with Crippen LogP contribution in [0.15, 0.2) is 53.6 Å². The number of nitrogens with zero attached hydrogens (tertiary/aromatic N) is 3. The van der Waals surface area contributed by atoms with Crippen molar-refractivity contribution >= 4 is 22.4 Å².